The summed E-state index contributed by atoms with van der Waals surface area (Å²) in [7, 11) is 0. The van der Waals surface area contributed by atoms with Crippen LogP contribution in [0.5, 0.6) is 5.75 Å². The Morgan fingerprint density at radius 1 is 1.08 bits per heavy atom. The second-order valence-electron chi connectivity index (χ2n) is 6.21. The van der Waals surface area contributed by atoms with Gasteiger partial charge in [0.15, 0.2) is 0 Å². The average molecular weight is 330 g/mol. The van der Waals surface area contributed by atoms with Crippen LogP contribution in [0.3, 0.4) is 0 Å². The maximum Gasteiger partial charge on any atom is 0.338 e. The normalized spacial score (nSPS) is 10.8. The van der Waals surface area contributed by atoms with Crippen LogP contribution in [0.1, 0.15) is 46.5 Å². The molecule has 0 amide bonds. The summed E-state index contributed by atoms with van der Waals surface area (Å²) in [6, 6.07) is 8.57. The van der Waals surface area contributed by atoms with E-state index in [1.807, 2.05) is 39.8 Å². The van der Waals surface area contributed by atoms with Crippen molar-refractivity contribution >= 4 is 5.97 Å². The topological polar surface area (TPSA) is 35.5 Å². The lowest BCUT2D eigenvalue weighted by Gasteiger charge is -2.16. The van der Waals surface area contributed by atoms with Crippen LogP contribution in [-0.4, -0.2) is 12.1 Å². The second-order valence-corrected chi connectivity index (χ2v) is 6.21. The molecule has 0 radical (unpaired) electrons. The molecule has 3 nitrogen and oxygen atoms in total. The minimum absolute atomic E-state index is 0.179. The highest BCUT2D eigenvalue weighted by Crippen LogP contribution is 2.24. The Bertz CT molecular complexity index is 751. The van der Waals surface area contributed by atoms with Gasteiger partial charge in [0.25, 0.3) is 0 Å². The van der Waals surface area contributed by atoms with E-state index >= 15 is 0 Å². The molecule has 0 spiro atoms. The third-order valence-corrected chi connectivity index (χ3v) is 3.80. The molecule has 0 unspecified atom stereocenters. The minimum Gasteiger partial charge on any atom is -0.488 e. The number of rotatable bonds is 5. The Morgan fingerprint density at radius 2 is 1.79 bits per heavy atom. The third kappa shape index (κ3) is 4.13. The summed E-state index contributed by atoms with van der Waals surface area (Å²) in [5, 5.41) is 0. The number of aryl methyl sites for hydroxylation is 3. The van der Waals surface area contributed by atoms with Gasteiger partial charge in [0.1, 0.15) is 18.2 Å². The van der Waals surface area contributed by atoms with Crippen LogP contribution < -0.4 is 4.74 Å². The highest BCUT2D eigenvalue weighted by Gasteiger charge is 2.17. The molecule has 0 N–H and O–H groups in total. The molecule has 0 fully saturated rings. The quantitative estimate of drug-likeness (QED) is 0.732. The van der Waals surface area contributed by atoms with Gasteiger partial charge >= 0.3 is 5.97 Å². The summed E-state index contributed by atoms with van der Waals surface area (Å²) in [6.07, 6.45) is -0.194. The van der Waals surface area contributed by atoms with Crippen LogP contribution in [-0.2, 0) is 11.3 Å². The predicted octanol–water partition coefficient (Wildman–Crippen LogP) is 4.90. The van der Waals surface area contributed by atoms with Crippen LogP contribution in [0.2, 0.25) is 0 Å². The molecule has 24 heavy (non-hydrogen) atoms. The first-order valence-corrected chi connectivity index (χ1v) is 7.98. The zero-order chi connectivity index (χ0) is 17.9. The zero-order valence-corrected chi connectivity index (χ0v) is 14.8. The van der Waals surface area contributed by atoms with E-state index in [1.54, 1.807) is 19.1 Å². The summed E-state index contributed by atoms with van der Waals surface area (Å²) in [4.78, 5) is 12.3. The van der Waals surface area contributed by atoms with Gasteiger partial charge in [-0.2, -0.15) is 0 Å². The van der Waals surface area contributed by atoms with Gasteiger partial charge in [-0.15, -0.1) is 0 Å². The van der Waals surface area contributed by atoms with Crippen LogP contribution in [0.25, 0.3) is 0 Å². The zero-order valence-electron chi connectivity index (χ0n) is 14.8. The first-order valence-electron chi connectivity index (χ1n) is 7.98. The second kappa shape index (κ2) is 7.47. The molecule has 2 aromatic carbocycles. The van der Waals surface area contributed by atoms with Crippen LogP contribution in [0.15, 0.2) is 30.3 Å². The van der Waals surface area contributed by atoms with E-state index in [2.05, 4.69) is 0 Å². The number of halogens is 1. The predicted molar refractivity (Wildman–Crippen MR) is 91.9 cm³/mol. The summed E-state index contributed by atoms with van der Waals surface area (Å²) in [6.45, 7) is 9.29. The van der Waals surface area contributed by atoms with Gasteiger partial charge in [0.05, 0.1) is 11.7 Å². The number of ether oxygens (including phenoxy) is 2. The molecule has 0 aromatic heterocycles. The third-order valence-electron chi connectivity index (χ3n) is 3.80. The Hall–Kier alpha value is -2.36. The number of benzene rings is 2. The molecule has 0 saturated heterocycles. The molecular formula is C20H23FO3. The van der Waals surface area contributed by atoms with Crippen molar-refractivity contribution in [2.24, 2.45) is 0 Å². The molecule has 0 aliphatic carbocycles. The van der Waals surface area contributed by atoms with Gasteiger partial charge < -0.3 is 9.47 Å². The largest absolute Gasteiger partial charge is 0.488 e. The van der Waals surface area contributed by atoms with Gasteiger partial charge in [-0.05, 0) is 63.4 Å². The fourth-order valence-corrected chi connectivity index (χ4v) is 2.48. The number of carbonyl (C=O) groups is 1. The summed E-state index contributed by atoms with van der Waals surface area (Å²) >= 11 is 0. The van der Waals surface area contributed by atoms with Crippen LogP contribution in [0.4, 0.5) is 4.39 Å². The van der Waals surface area contributed by atoms with Crippen LogP contribution >= 0.6 is 0 Å². The Labute approximate surface area is 142 Å². The first-order chi connectivity index (χ1) is 11.3. The van der Waals surface area contributed by atoms with E-state index < -0.39 is 0 Å². The van der Waals surface area contributed by atoms with Gasteiger partial charge in [0.2, 0.25) is 0 Å². The van der Waals surface area contributed by atoms with E-state index in [-0.39, 0.29) is 24.5 Å². The maximum absolute atomic E-state index is 13.8. The van der Waals surface area contributed by atoms with Crippen molar-refractivity contribution in [3.8, 4) is 5.75 Å². The lowest BCUT2D eigenvalue weighted by Crippen LogP contribution is -2.15. The lowest BCUT2D eigenvalue weighted by molar-refractivity contribution is 0.0375. The molecular weight excluding hydrogens is 307 g/mol. The van der Waals surface area contributed by atoms with E-state index in [4.69, 9.17) is 9.47 Å². The van der Waals surface area contributed by atoms with Gasteiger partial charge in [-0.3, -0.25) is 0 Å². The monoisotopic (exact) mass is 330 g/mol. The van der Waals surface area contributed by atoms with E-state index in [0.29, 0.717) is 16.9 Å². The van der Waals surface area contributed by atoms with Gasteiger partial charge in [-0.25, -0.2) is 9.18 Å². The first kappa shape index (κ1) is 18.0. The molecule has 0 aliphatic heterocycles. The highest BCUT2D eigenvalue weighted by molar-refractivity contribution is 5.91. The maximum atomic E-state index is 13.8. The van der Waals surface area contributed by atoms with Crippen molar-refractivity contribution < 1.29 is 18.7 Å². The number of carbonyl (C=O) groups excluding carboxylic acids is 1. The van der Waals surface area contributed by atoms with Crippen molar-refractivity contribution in [2.45, 2.75) is 47.3 Å². The Morgan fingerprint density at radius 3 is 2.46 bits per heavy atom. The SMILES string of the molecule is Cc1cc(C)c(OCc2c(C)cccc2C(=O)OC(C)C)cc1F. The molecule has 0 aliphatic rings. The molecule has 4 heteroatoms. The average Bonchev–Trinajstić information content (AvgIpc) is 2.49. The van der Waals surface area contributed by atoms with Crippen LogP contribution in [0, 0.1) is 26.6 Å². The standard InChI is InChI=1S/C20H23FO3/c1-12(2)24-20(22)16-8-6-7-13(3)17(16)11-23-19-10-18(21)14(4)9-15(19)5/h6-10,12H,11H2,1-5H3. The van der Waals surface area contributed by atoms with Crippen molar-refractivity contribution in [3.05, 3.63) is 64.0 Å². The van der Waals surface area contributed by atoms with Crippen molar-refractivity contribution in [2.75, 3.05) is 0 Å². The van der Waals surface area contributed by atoms with Crippen molar-refractivity contribution in [3.63, 3.8) is 0 Å². The van der Waals surface area contributed by atoms with Crippen molar-refractivity contribution in [1.82, 2.24) is 0 Å². The number of hydrogen-bond donors (Lipinski definition) is 0. The summed E-state index contributed by atoms with van der Waals surface area (Å²) < 4.78 is 24.8. The molecule has 0 atom stereocenters. The smallest absolute Gasteiger partial charge is 0.338 e. The highest BCUT2D eigenvalue weighted by atomic mass is 19.1. The molecule has 0 heterocycles. The van der Waals surface area contributed by atoms with Gasteiger partial charge in [-0.1, -0.05) is 12.1 Å². The molecule has 0 bridgehead atoms. The Kier molecular flexibility index (Phi) is 5.60. The summed E-state index contributed by atoms with van der Waals surface area (Å²) in [5.41, 5.74) is 3.60. The molecule has 0 saturated carbocycles. The minimum atomic E-state index is -0.376. The lowest BCUT2D eigenvalue weighted by atomic mass is 10.0. The summed E-state index contributed by atoms with van der Waals surface area (Å²) in [5.74, 6) is -0.205. The van der Waals surface area contributed by atoms with Crippen molar-refractivity contribution in [1.29, 1.82) is 0 Å². The number of hydrogen-bond acceptors (Lipinski definition) is 3. The Balaban J connectivity index is 2.27. The molecule has 128 valence electrons. The molecule has 2 aromatic rings. The fraction of sp³-hybridized carbons (Fsp3) is 0.350. The number of esters is 1. The van der Waals surface area contributed by atoms with E-state index in [9.17, 15) is 9.18 Å². The van der Waals surface area contributed by atoms with E-state index in [1.165, 1.54) is 6.07 Å². The molecule has 2 rings (SSSR count). The van der Waals surface area contributed by atoms with Gasteiger partial charge in [0, 0.05) is 11.6 Å². The van der Waals surface area contributed by atoms with E-state index in [0.717, 1.165) is 16.7 Å². The fourth-order valence-electron chi connectivity index (χ4n) is 2.48.